The Morgan fingerprint density at radius 2 is 1.85 bits per heavy atom. The van der Waals surface area contributed by atoms with Crippen molar-refractivity contribution in [3.63, 3.8) is 0 Å². The Balaban J connectivity index is 1.58. The molecule has 1 aromatic heterocycles. The van der Waals surface area contributed by atoms with Gasteiger partial charge in [-0.2, -0.15) is 5.10 Å². The summed E-state index contributed by atoms with van der Waals surface area (Å²) in [6, 6.07) is 13.2. The van der Waals surface area contributed by atoms with Crippen LogP contribution in [0.15, 0.2) is 72.2 Å². The molecule has 0 radical (unpaired) electrons. The SMILES string of the molecule is O=C(N/N=C\c1ccc(OC(=O)c2ccccc2Cl)cc1)c1cnccn1. The van der Waals surface area contributed by atoms with E-state index in [0.717, 1.165) is 0 Å². The molecule has 7 nitrogen and oxygen atoms in total. The lowest BCUT2D eigenvalue weighted by Gasteiger charge is -2.05. The van der Waals surface area contributed by atoms with Gasteiger partial charge in [0.15, 0.2) is 0 Å². The van der Waals surface area contributed by atoms with Crippen LogP contribution in [0.1, 0.15) is 26.4 Å². The number of ether oxygens (including phenoxy) is 1. The second-order valence-electron chi connectivity index (χ2n) is 5.23. The van der Waals surface area contributed by atoms with Crippen LogP contribution in [0.25, 0.3) is 0 Å². The summed E-state index contributed by atoms with van der Waals surface area (Å²) in [5, 5.41) is 4.17. The summed E-state index contributed by atoms with van der Waals surface area (Å²) in [6.45, 7) is 0. The lowest BCUT2D eigenvalue weighted by Crippen LogP contribution is -2.19. The van der Waals surface area contributed by atoms with Crippen LogP contribution in [0.2, 0.25) is 5.02 Å². The van der Waals surface area contributed by atoms with Crippen LogP contribution < -0.4 is 10.2 Å². The molecule has 0 aliphatic rings. The van der Waals surface area contributed by atoms with E-state index in [1.165, 1.54) is 24.8 Å². The van der Waals surface area contributed by atoms with Gasteiger partial charge in [0.1, 0.15) is 11.4 Å². The molecule has 0 unspecified atom stereocenters. The molecule has 27 heavy (non-hydrogen) atoms. The van der Waals surface area contributed by atoms with Crippen LogP contribution in [0.4, 0.5) is 0 Å². The first-order valence-electron chi connectivity index (χ1n) is 7.79. The molecular weight excluding hydrogens is 368 g/mol. The molecule has 0 fully saturated rings. The average molecular weight is 381 g/mol. The second kappa shape index (κ2) is 8.68. The highest BCUT2D eigenvalue weighted by atomic mass is 35.5. The Bertz CT molecular complexity index is 976. The van der Waals surface area contributed by atoms with Gasteiger partial charge in [-0.25, -0.2) is 15.2 Å². The third-order valence-corrected chi connectivity index (χ3v) is 3.69. The van der Waals surface area contributed by atoms with Crippen LogP contribution in [-0.2, 0) is 0 Å². The van der Waals surface area contributed by atoms with Gasteiger partial charge in [-0.3, -0.25) is 9.78 Å². The fourth-order valence-corrected chi connectivity index (χ4v) is 2.26. The first-order chi connectivity index (χ1) is 13.1. The van der Waals surface area contributed by atoms with Crippen molar-refractivity contribution in [2.45, 2.75) is 0 Å². The molecule has 2 aromatic carbocycles. The van der Waals surface area contributed by atoms with E-state index in [1.54, 1.807) is 48.5 Å². The van der Waals surface area contributed by atoms with Gasteiger partial charge in [-0.15, -0.1) is 0 Å². The topological polar surface area (TPSA) is 93.5 Å². The maximum absolute atomic E-state index is 12.1. The lowest BCUT2D eigenvalue weighted by atomic mass is 10.2. The number of hydrazone groups is 1. The fraction of sp³-hybridized carbons (Fsp3) is 0. The second-order valence-corrected chi connectivity index (χ2v) is 5.64. The van der Waals surface area contributed by atoms with Crippen molar-refractivity contribution in [1.82, 2.24) is 15.4 Å². The highest BCUT2D eigenvalue weighted by Gasteiger charge is 2.12. The minimum Gasteiger partial charge on any atom is -0.423 e. The number of nitrogens with one attached hydrogen (secondary N) is 1. The molecule has 0 saturated carbocycles. The Morgan fingerprint density at radius 1 is 1.07 bits per heavy atom. The quantitative estimate of drug-likeness (QED) is 0.317. The number of amides is 1. The van der Waals surface area contributed by atoms with Crippen molar-refractivity contribution in [2.75, 3.05) is 0 Å². The van der Waals surface area contributed by atoms with Gasteiger partial charge in [0.05, 0.1) is 23.0 Å². The van der Waals surface area contributed by atoms with Gasteiger partial charge in [0.25, 0.3) is 5.91 Å². The van der Waals surface area contributed by atoms with Gasteiger partial charge in [0, 0.05) is 12.4 Å². The number of hydrogen-bond donors (Lipinski definition) is 1. The van der Waals surface area contributed by atoms with Crippen LogP contribution in [0.5, 0.6) is 5.75 Å². The van der Waals surface area contributed by atoms with Crippen molar-refractivity contribution >= 4 is 29.7 Å². The van der Waals surface area contributed by atoms with Crippen LogP contribution in [0.3, 0.4) is 0 Å². The molecule has 0 aliphatic carbocycles. The summed E-state index contributed by atoms with van der Waals surface area (Å²) in [6.07, 6.45) is 5.68. The number of aromatic nitrogens is 2. The number of hydrogen-bond acceptors (Lipinski definition) is 6. The maximum atomic E-state index is 12.1. The van der Waals surface area contributed by atoms with E-state index in [0.29, 0.717) is 16.3 Å². The maximum Gasteiger partial charge on any atom is 0.345 e. The smallest absolute Gasteiger partial charge is 0.345 e. The predicted octanol–water partition coefficient (Wildman–Crippen LogP) is 3.11. The standard InChI is InChI=1S/C19H13ClN4O3/c20-16-4-2-1-3-15(16)19(26)27-14-7-5-13(6-8-14)11-23-24-18(25)17-12-21-9-10-22-17/h1-12H,(H,24,25)/b23-11-. The number of benzene rings is 2. The van der Waals surface area contributed by atoms with E-state index in [-0.39, 0.29) is 11.3 Å². The molecule has 0 bridgehead atoms. The third-order valence-electron chi connectivity index (χ3n) is 3.36. The first kappa shape index (κ1) is 18.2. The van der Waals surface area contributed by atoms with Crippen molar-refractivity contribution in [2.24, 2.45) is 5.10 Å². The zero-order chi connectivity index (χ0) is 19.1. The molecule has 8 heteroatoms. The normalized spacial score (nSPS) is 10.6. The van der Waals surface area contributed by atoms with Gasteiger partial charge < -0.3 is 4.74 Å². The molecule has 1 heterocycles. The van der Waals surface area contributed by atoms with Crippen molar-refractivity contribution < 1.29 is 14.3 Å². The van der Waals surface area contributed by atoms with Gasteiger partial charge in [-0.1, -0.05) is 23.7 Å². The summed E-state index contributed by atoms with van der Waals surface area (Å²) in [5.74, 6) is -0.649. The van der Waals surface area contributed by atoms with Crippen LogP contribution in [-0.4, -0.2) is 28.1 Å². The van der Waals surface area contributed by atoms with Crippen LogP contribution >= 0.6 is 11.6 Å². The Morgan fingerprint density at radius 3 is 2.56 bits per heavy atom. The Kier molecular flexibility index (Phi) is 5.86. The fourth-order valence-electron chi connectivity index (χ4n) is 2.05. The summed E-state index contributed by atoms with van der Waals surface area (Å²) in [4.78, 5) is 31.6. The summed E-state index contributed by atoms with van der Waals surface area (Å²) >= 11 is 5.98. The van der Waals surface area contributed by atoms with E-state index in [4.69, 9.17) is 16.3 Å². The Hall–Kier alpha value is -3.58. The van der Waals surface area contributed by atoms with Gasteiger partial charge in [0.2, 0.25) is 0 Å². The van der Waals surface area contributed by atoms with Crippen molar-refractivity contribution in [3.05, 3.63) is 89.0 Å². The first-order valence-corrected chi connectivity index (χ1v) is 8.17. The minimum atomic E-state index is -0.543. The molecule has 1 N–H and O–H groups in total. The number of nitrogens with zero attached hydrogens (tertiary/aromatic N) is 3. The van der Waals surface area contributed by atoms with E-state index in [2.05, 4.69) is 20.5 Å². The van der Waals surface area contributed by atoms with Gasteiger partial charge in [-0.05, 0) is 42.0 Å². The molecule has 1 amide bonds. The van der Waals surface area contributed by atoms with Gasteiger partial charge >= 0.3 is 5.97 Å². The average Bonchev–Trinajstić information content (AvgIpc) is 2.70. The molecule has 0 saturated heterocycles. The molecule has 0 spiro atoms. The van der Waals surface area contributed by atoms with E-state index in [9.17, 15) is 9.59 Å². The van der Waals surface area contributed by atoms with Crippen LogP contribution in [0, 0.1) is 0 Å². The van der Waals surface area contributed by atoms with Crippen molar-refractivity contribution in [3.8, 4) is 5.75 Å². The number of rotatable bonds is 5. The minimum absolute atomic E-state index is 0.163. The summed E-state index contributed by atoms with van der Waals surface area (Å²) in [5.41, 5.74) is 3.50. The van der Waals surface area contributed by atoms with E-state index < -0.39 is 11.9 Å². The summed E-state index contributed by atoms with van der Waals surface area (Å²) < 4.78 is 5.28. The molecular formula is C19H13ClN4O3. The summed E-state index contributed by atoms with van der Waals surface area (Å²) in [7, 11) is 0. The Labute approximate surface area is 159 Å². The number of carbonyl (C=O) groups is 2. The molecule has 3 rings (SSSR count). The highest BCUT2D eigenvalue weighted by molar-refractivity contribution is 6.33. The number of esters is 1. The molecule has 3 aromatic rings. The van der Waals surface area contributed by atoms with Crippen molar-refractivity contribution in [1.29, 1.82) is 0 Å². The molecule has 0 aliphatic heterocycles. The lowest BCUT2D eigenvalue weighted by molar-refractivity contribution is 0.0734. The highest BCUT2D eigenvalue weighted by Crippen LogP contribution is 2.18. The number of carbonyl (C=O) groups excluding carboxylic acids is 2. The van der Waals surface area contributed by atoms with E-state index in [1.807, 2.05) is 0 Å². The molecule has 134 valence electrons. The number of halogens is 1. The third kappa shape index (κ3) is 4.96. The molecule has 0 atom stereocenters. The monoisotopic (exact) mass is 380 g/mol. The zero-order valence-electron chi connectivity index (χ0n) is 13.9. The zero-order valence-corrected chi connectivity index (χ0v) is 14.6. The van der Waals surface area contributed by atoms with E-state index >= 15 is 0 Å². The predicted molar refractivity (Wildman–Crippen MR) is 99.9 cm³/mol. The largest absolute Gasteiger partial charge is 0.423 e.